The van der Waals surface area contributed by atoms with Crippen LogP contribution in [0.4, 0.5) is 14.5 Å². The predicted molar refractivity (Wildman–Crippen MR) is 83.7 cm³/mol. The maximum atomic E-state index is 13.1. The fourth-order valence-corrected chi connectivity index (χ4v) is 2.25. The normalized spacial score (nSPS) is 10.3. The number of benzene rings is 2. The first kappa shape index (κ1) is 14.9. The molecule has 20 heavy (non-hydrogen) atoms. The molecule has 2 aromatic rings. The highest BCUT2D eigenvalue weighted by Gasteiger charge is 2.07. The smallest absolute Gasteiger partial charge is 0.159 e. The summed E-state index contributed by atoms with van der Waals surface area (Å²) in [5, 5.41) is 3.11. The van der Waals surface area contributed by atoms with E-state index < -0.39 is 11.6 Å². The van der Waals surface area contributed by atoms with Crippen molar-refractivity contribution in [2.75, 3.05) is 5.32 Å². The fraction of sp³-hybridized carbons (Fsp3) is 0.0714. The van der Waals surface area contributed by atoms with E-state index in [0.717, 1.165) is 22.3 Å². The van der Waals surface area contributed by atoms with Gasteiger partial charge in [-0.1, -0.05) is 34.2 Å². The fourth-order valence-electron chi connectivity index (χ4n) is 1.72. The minimum absolute atomic E-state index is 0.263. The zero-order chi connectivity index (χ0) is 14.7. The Labute approximate surface area is 129 Å². The molecule has 0 amide bonds. The van der Waals surface area contributed by atoms with Gasteiger partial charge in [0.05, 0.1) is 0 Å². The van der Waals surface area contributed by atoms with Crippen LogP contribution in [0.25, 0.3) is 0 Å². The van der Waals surface area contributed by atoms with Crippen LogP contribution in [0.3, 0.4) is 0 Å². The molecule has 104 valence electrons. The van der Waals surface area contributed by atoms with Crippen molar-refractivity contribution in [2.24, 2.45) is 5.73 Å². The molecule has 0 aliphatic heterocycles. The molecule has 0 unspecified atom stereocenters. The molecule has 0 saturated carbocycles. The van der Waals surface area contributed by atoms with Gasteiger partial charge in [-0.05, 0) is 35.9 Å². The van der Waals surface area contributed by atoms with E-state index in [9.17, 15) is 8.78 Å². The number of hydrogen-bond acceptors (Lipinski definition) is 2. The van der Waals surface area contributed by atoms with Crippen LogP contribution in [0.1, 0.15) is 11.1 Å². The molecule has 0 fully saturated rings. The Morgan fingerprint density at radius 1 is 1.15 bits per heavy atom. The lowest BCUT2D eigenvalue weighted by atomic mass is 10.1. The van der Waals surface area contributed by atoms with Gasteiger partial charge in [0.2, 0.25) is 0 Å². The van der Waals surface area contributed by atoms with Crippen LogP contribution >= 0.6 is 28.1 Å². The minimum atomic E-state index is -0.866. The summed E-state index contributed by atoms with van der Waals surface area (Å²) in [5.41, 5.74) is 7.72. The molecule has 0 atom stereocenters. The van der Waals surface area contributed by atoms with E-state index in [-0.39, 0.29) is 4.99 Å². The molecular formula is C14H11BrF2N2S. The third-order valence-corrected chi connectivity index (χ3v) is 3.43. The van der Waals surface area contributed by atoms with Crippen LogP contribution in [0.5, 0.6) is 0 Å². The third-order valence-electron chi connectivity index (χ3n) is 2.71. The first-order valence-corrected chi connectivity index (χ1v) is 6.94. The number of hydrogen-bond donors (Lipinski definition) is 2. The minimum Gasteiger partial charge on any atom is -0.389 e. The van der Waals surface area contributed by atoms with Gasteiger partial charge >= 0.3 is 0 Å². The Morgan fingerprint density at radius 3 is 2.55 bits per heavy atom. The van der Waals surface area contributed by atoms with Crippen molar-refractivity contribution in [3.05, 3.63) is 63.6 Å². The number of halogens is 3. The molecular weight excluding hydrogens is 346 g/mol. The zero-order valence-electron chi connectivity index (χ0n) is 10.3. The van der Waals surface area contributed by atoms with Gasteiger partial charge in [-0.3, -0.25) is 0 Å². The highest BCUT2D eigenvalue weighted by molar-refractivity contribution is 9.10. The SMILES string of the molecule is NC(=S)c1cc(Br)ccc1NCc1ccc(F)c(F)c1. The Hall–Kier alpha value is -1.53. The van der Waals surface area contributed by atoms with Crippen molar-refractivity contribution in [2.45, 2.75) is 6.54 Å². The first-order valence-electron chi connectivity index (χ1n) is 5.74. The number of rotatable bonds is 4. The summed E-state index contributed by atoms with van der Waals surface area (Å²) in [5.74, 6) is -1.73. The second-order valence-electron chi connectivity index (χ2n) is 4.16. The second-order valence-corrected chi connectivity index (χ2v) is 5.51. The number of thiocarbonyl (C=S) groups is 1. The maximum absolute atomic E-state index is 13.1. The van der Waals surface area contributed by atoms with Gasteiger partial charge in [-0.2, -0.15) is 0 Å². The highest BCUT2D eigenvalue weighted by Crippen LogP contribution is 2.22. The topological polar surface area (TPSA) is 38.0 Å². The summed E-state index contributed by atoms with van der Waals surface area (Å²) in [7, 11) is 0. The maximum Gasteiger partial charge on any atom is 0.159 e. The molecule has 2 aromatic carbocycles. The van der Waals surface area contributed by atoms with E-state index in [4.69, 9.17) is 18.0 Å². The molecule has 0 aliphatic rings. The van der Waals surface area contributed by atoms with Crippen molar-refractivity contribution in [1.82, 2.24) is 0 Å². The Balaban J connectivity index is 2.18. The predicted octanol–water partition coefficient (Wildman–Crippen LogP) is 3.97. The van der Waals surface area contributed by atoms with Gasteiger partial charge in [0, 0.05) is 22.3 Å². The summed E-state index contributed by atoms with van der Waals surface area (Å²) in [6.07, 6.45) is 0. The van der Waals surface area contributed by atoms with Crippen LogP contribution in [0.15, 0.2) is 40.9 Å². The molecule has 2 rings (SSSR count). The largest absolute Gasteiger partial charge is 0.389 e. The van der Waals surface area contributed by atoms with E-state index in [1.807, 2.05) is 12.1 Å². The van der Waals surface area contributed by atoms with Crippen molar-refractivity contribution in [3.63, 3.8) is 0 Å². The lowest BCUT2D eigenvalue weighted by Crippen LogP contribution is -2.13. The summed E-state index contributed by atoms with van der Waals surface area (Å²) in [6, 6.07) is 9.23. The molecule has 0 aliphatic carbocycles. The average molecular weight is 357 g/mol. The highest BCUT2D eigenvalue weighted by atomic mass is 79.9. The van der Waals surface area contributed by atoms with Gasteiger partial charge in [0.1, 0.15) is 4.99 Å². The van der Waals surface area contributed by atoms with Crippen molar-refractivity contribution >= 4 is 38.8 Å². The molecule has 3 N–H and O–H groups in total. The van der Waals surface area contributed by atoms with Crippen molar-refractivity contribution in [3.8, 4) is 0 Å². The summed E-state index contributed by atoms with van der Waals surface area (Å²) >= 11 is 8.33. The van der Waals surface area contributed by atoms with Gasteiger partial charge in [-0.25, -0.2) is 8.78 Å². The number of anilines is 1. The van der Waals surface area contributed by atoms with Crippen molar-refractivity contribution in [1.29, 1.82) is 0 Å². The van der Waals surface area contributed by atoms with Crippen molar-refractivity contribution < 1.29 is 8.78 Å². The van der Waals surface area contributed by atoms with Gasteiger partial charge in [0.15, 0.2) is 11.6 Å². The second kappa shape index (κ2) is 6.28. The molecule has 0 radical (unpaired) electrons. The lowest BCUT2D eigenvalue weighted by molar-refractivity contribution is 0.507. The molecule has 0 spiro atoms. The molecule has 0 aromatic heterocycles. The van der Waals surface area contributed by atoms with Gasteiger partial charge < -0.3 is 11.1 Å². The summed E-state index contributed by atoms with van der Waals surface area (Å²) < 4.78 is 26.8. The standard InChI is InChI=1S/C14H11BrF2N2S/c15-9-2-4-13(10(6-9)14(18)20)19-7-8-1-3-11(16)12(17)5-8/h1-6,19H,7H2,(H2,18,20). The van der Waals surface area contributed by atoms with Crippen LogP contribution in [-0.2, 0) is 6.54 Å². The average Bonchev–Trinajstić information content (AvgIpc) is 2.41. The van der Waals surface area contributed by atoms with Crippen LogP contribution < -0.4 is 11.1 Å². The Morgan fingerprint density at radius 2 is 1.90 bits per heavy atom. The zero-order valence-corrected chi connectivity index (χ0v) is 12.7. The number of nitrogens with two attached hydrogens (primary N) is 1. The summed E-state index contributed by atoms with van der Waals surface area (Å²) in [4.78, 5) is 0.263. The Bertz CT molecular complexity index is 662. The van der Waals surface area contributed by atoms with Crippen LogP contribution in [-0.4, -0.2) is 4.99 Å². The van der Waals surface area contributed by atoms with E-state index in [2.05, 4.69) is 21.2 Å². The third kappa shape index (κ3) is 3.52. The molecule has 6 heteroatoms. The van der Waals surface area contributed by atoms with E-state index in [1.165, 1.54) is 6.07 Å². The van der Waals surface area contributed by atoms with E-state index in [0.29, 0.717) is 17.7 Å². The Kier molecular flexibility index (Phi) is 4.67. The van der Waals surface area contributed by atoms with Gasteiger partial charge in [0.25, 0.3) is 0 Å². The monoisotopic (exact) mass is 356 g/mol. The van der Waals surface area contributed by atoms with Gasteiger partial charge in [-0.15, -0.1) is 0 Å². The molecule has 0 heterocycles. The van der Waals surface area contributed by atoms with Crippen LogP contribution in [0.2, 0.25) is 0 Å². The van der Waals surface area contributed by atoms with E-state index >= 15 is 0 Å². The van der Waals surface area contributed by atoms with Crippen LogP contribution in [0, 0.1) is 11.6 Å². The lowest BCUT2D eigenvalue weighted by Gasteiger charge is -2.12. The first-order chi connectivity index (χ1) is 9.47. The summed E-state index contributed by atoms with van der Waals surface area (Å²) in [6.45, 7) is 0.342. The molecule has 2 nitrogen and oxygen atoms in total. The van der Waals surface area contributed by atoms with E-state index in [1.54, 1.807) is 6.07 Å². The molecule has 0 saturated heterocycles. The quantitative estimate of drug-likeness (QED) is 0.814. The number of nitrogens with one attached hydrogen (secondary N) is 1. The molecule has 0 bridgehead atoms.